The fraction of sp³-hybridized carbons (Fsp3) is 0.500. The fourth-order valence-corrected chi connectivity index (χ4v) is 6.97. The third-order valence-electron chi connectivity index (χ3n) is 4.90. The number of carbonyl (C=O) groups excluding carboxylic acids is 1. The molecule has 8 heteroatoms. The zero-order valence-electron chi connectivity index (χ0n) is 13.3. The van der Waals surface area contributed by atoms with Gasteiger partial charge in [-0.2, -0.15) is 0 Å². The number of hydrogen-bond donors (Lipinski definition) is 0. The van der Waals surface area contributed by atoms with Gasteiger partial charge < -0.3 is 9.64 Å². The average Bonchev–Trinajstić information content (AvgIpc) is 3.11. The van der Waals surface area contributed by atoms with Crippen molar-refractivity contribution >= 4 is 42.5 Å². The first-order chi connectivity index (χ1) is 11.4. The lowest BCUT2D eigenvalue weighted by Gasteiger charge is -2.33. The van der Waals surface area contributed by atoms with E-state index in [1.807, 2.05) is 6.07 Å². The summed E-state index contributed by atoms with van der Waals surface area (Å²) in [6, 6.07) is 5.34. The summed E-state index contributed by atoms with van der Waals surface area (Å²) in [6.45, 7) is 1.58. The van der Waals surface area contributed by atoms with Crippen molar-refractivity contribution in [2.24, 2.45) is 11.8 Å². The lowest BCUT2D eigenvalue weighted by atomic mass is 9.89. The molecule has 1 aromatic carbocycles. The van der Waals surface area contributed by atoms with E-state index in [9.17, 15) is 13.2 Å². The van der Waals surface area contributed by atoms with E-state index in [0.29, 0.717) is 23.0 Å². The van der Waals surface area contributed by atoms with Crippen LogP contribution in [0.5, 0.6) is 0 Å². The minimum atomic E-state index is -2.87. The van der Waals surface area contributed by atoms with E-state index >= 15 is 0 Å². The standard InChI is InChI=1S/C16H18N2O4S2/c1-22-15(19)10-2-3-13-14(6-10)23-16(17-13)18-5-4-11-8-24(20,21)9-12(11)7-18/h2-3,6,11-12H,4-5,7-9H2,1H3. The third kappa shape index (κ3) is 2.77. The van der Waals surface area contributed by atoms with Gasteiger partial charge in [-0.05, 0) is 36.5 Å². The number of hydrogen-bond acceptors (Lipinski definition) is 7. The molecule has 2 aliphatic rings. The van der Waals surface area contributed by atoms with Crippen LogP contribution in [0.3, 0.4) is 0 Å². The number of aromatic nitrogens is 1. The number of sulfone groups is 1. The first-order valence-corrected chi connectivity index (χ1v) is 10.5. The Labute approximate surface area is 144 Å². The van der Waals surface area contributed by atoms with Crippen LogP contribution in [0.15, 0.2) is 18.2 Å². The molecular formula is C16H18N2O4S2. The predicted octanol–water partition coefficient (Wildman–Crippen LogP) is 1.95. The molecule has 0 N–H and O–H groups in total. The Morgan fingerprint density at radius 2 is 2.12 bits per heavy atom. The second-order valence-corrected chi connectivity index (χ2v) is 9.67. The molecule has 1 aromatic heterocycles. The first-order valence-electron chi connectivity index (χ1n) is 7.89. The number of carbonyl (C=O) groups is 1. The molecule has 2 unspecified atom stereocenters. The van der Waals surface area contributed by atoms with E-state index in [2.05, 4.69) is 9.88 Å². The molecule has 0 saturated carbocycles. The monoisotopic (exact) mass is 366 g/mol. The van der Waals surface area contributed by atoms with E-state index in [1.54, 1.807) is 12.1 Å². The van der Waals surface area contributed by atoms with Crippen molar-refractivity contribution in [3.05, 3.63) is 23.8 Å². The minimum absolute atomic E-state index is 0.210. The van der Waals surface area contributed by atoms with Gasteiger partial charge >= 0.3 is 5.97 Å². The molecular weight excluding hydrogens is 348 g/mol. The van der Waals surface area contributed by atoms with Crippen LogP contribution in [-0.2, 0) is 14.6 Å². The van der Waals surface area contributed by atoms with E-state index in [4.69, 9.17) is 4.74 Å². The summed E-state index contributed by atoms with van der Waals surface area (Å²) in [5.41, 5.74) is 1.37. The lowest BCUT2D eigenvalue weighted by molar-refractivity contribution is 0.0601. The van der Waals surface area contributed by atoms with Gasteiger partial charge in [0.2, 0.25) is 0 Å². The van der Waals surface area contributed by atoms with Gasteiger partial charge in [0.15, 0.2) is 15.0 Å². The van der Waals surface area contributed by atoms with Crippen LogP contribution in [0.4, 0.5) is 5.13 Å². The van der Waals surface area contributed by atoms with Crippen molar-refractivity contribution < 1.29 is 17.9 Å². The molecule has 2 aromatic rings. The Hall–Kier alpha value is -1.67. The summed E-state index contributed by atoms with van der Waals surface area (Å²) in [5.74, 6) is 0.788. The van der Waals surface area contributed by atoms with Gasteiger partial charge in [0.1, 0.15) is 0 Å². The van der Waals surface area contributed by atoms with E-state index < -0.39 is 9.84 Å². The Kier molecular flexibility index (Phi) is 3.76. The van der Waals surface area contributed by atoms with Crippen molar-refractivity contribution in [3.8, 4) is 0 Å². The molecule has 0 aliphatic carbocycles. The van der Waals surface area contributed by atoms with Crippen LogP contribution in [0.25, 0.3) is 10.2 Å². The molecule has 2 atom stereocenters. The smallest absolute Gasteiger partial charge is 0.337 e. The predicted molar refractivity (Wildman–Crippen MR) is 93.4 cm³/mol. The number of nitrogens with zero attached hydrogens (tertiary/aromatic N) is 2. The Morgan fingerprint density at radius 1 is 1.33 bits per heavy atom. The van der Waals surface area contributed by atoms with Crippen LogP contribution in [-0.4, -0.2) is 51.1 Å². The highest BCUT2D eigenvalue weighted by atomic mass is 32.2. The highest BCUT2D eigenvalue weighted by Crippen LogP contribution is 2.37. The SMILES string of the molecule is COC(=O)c1ccc2nc(N3CCC4CS(=O)(=O)CC4C3)sc2c1. The van der Waals surface area contributed by atoms with E-state index in [0.717, 1.165) is 34.9 Å². The highest BCUT2D eigenvalue weighted by Gasteiger charge is 2.41. The summed E-state index contributed by atoms with van der Waals surface area (Å²) < 4.78 is 29.4. The minimum Gasteiger partial charge on any atom is -0.465 e. The van der Waals surface area contributed by atoms with Gasteiger partial charge in [0, 0.05) is 13.1 Å². The maximum absolute atomic E-state index is 11.8. The van der Waals surface area contributed by atoms with Gasteiger partial charge in [0.05, 0.1) is 34.4 Å². The van der Waals surface area contributed by atoms with Crippen LogP contribution >= 0.6 is 11.3 Å². The van der Waals surface area contributed by atoms with Crippen molar-refractivity contribution in [1.29, 1.82) is 0 Å². The first kappa shape index (κ1) is 15.8. The summed E-state index contributed by atoms with van der Waals surface area (Å²) in [5, 5.41) is 0.898. The molecule has 0 amide bonds. The van der Waals surface area contributed by atoms with Crippen LogP contribution < -0.4 is 4.90 Å². The molecule has 2 aliphatic heterocycles. The second kappa shape index (κ2) is 5.70. The molecule has 0 bridgehead atoms. The molecule has 2 saturated heterocycles. The van der Waals surface area contributed by atoms with Gasteiger partial charge in [-0.3, -0.25) is 0 Å². The van der Waals surface area contributed by atoms with Crippen molar-refractivity contribution in [2.75, 3.05) is 36.6 Å². The normalized spacial score (nSPS) is 25.6. The molecule has 4 rings (SSSR count). The maximum atomic E-state index is 11.8. The number of rotatable bonds is 2. The summed E-state index contributed by atoms with van der Waals surface area (Å²) in [6.07, 6.45) is 0.896. The number of piperidine rings is 1. The zero-order valence-corrected chi connectivity index (χ0v) is 14.9. The fourth-order valence-electron chi connectivity index (χ4n) is 3.68. The van der Waals surface area contributed by atoms with E-state index in [1.165, 1.54) is 18.4 Å². The van der Waals surface area contributed by atoms with Crippen LogP contribution in [0.1, 0.15) is 16.8 Å². The van der Waals surface area contributed by atoms with Gasteiger partial charge in [-0.15, -0.1) is 0 Å². The maximum Gasteiger partial charge on any atom is 0.337 e. The quantitative estimate of drug-likeness (QED) is 0.756. The topological polar surface area (TPSA) is 76.6 Å². The summed E-state index contributed by atoms with van der Waals surface area (Å²) >= 11 is 1.54. The largest absolute Gasteiger partial charge is 0.465 e. The highest BCUT2D eigenvalue weighted by molar-refractivity contribution is 7.91. The number of methoxy groups -OCH3 is 1. The molecule has 6 nitrogen and oxygen atoms in total. The lowest BCUT2D eigenvalue weighted by Crippen LogP contribution is -2.39. The van der Waals surface area contributed by atoms with Crippen LogP contribution in [0.2, 0.25) is 0 Å². The second-order valence-electron chi connectivity index (χ2n) is 6.50. The Morgan fingerprint density at radius 3 is 2.92 bits per heavy atom. The molecule has 2 fully saturated rings. The van der Waals surface area contributed by atoms with Gasteiger partial charge in [-0.25, -0.2) is 18.2 Å². The number of anilines is 1. The molecule has 24 heavy (non-hydrogen) atoms. The number of esters is 1. The molecule has 3 heterocycles. The summed E-state index contributed by atoms with van der Waals surface area (Å²) in [7, 11) is -1.51. The zero-order chi connectivity index (χ0) is 16.9. The van der Waals surface area contributed by atoms with Crippen molar-refractivity contribution in [1.82, 2.24) is 4.98 Å². The molecule has 0 spiro atoms. The van der Waals surface area contributed by atoms with Gasteiger partial charge in [-0.1, -0.05) is 11.3 Å². The van der Waals surface area contributed by atoms with Gasteiger partial charge in [0.25, 0.3) is 0 Å². The van der Waals surface area contributed by atoms with E-state index in [-0.39, 0.29) is 11.9 Å². The molecule has 0 radical (unpaired) electrons. The molecule has 128 valence electrons. The average molecular weight is 366 g/mol. The number of thiazole rings is 1. The summed E-state index contributed by atoms with van der Waals surface area (Å²) in [4.78, 5) is 18.5. The Balaban J connectivity index is 1.59. The van der Waals surface area contributed by atoms with Crippen molar-refractivity contribution in [3.63, 3.8) is 0 Å². The van der Waals surface area contributed by atoms with Crippen LogP contribution in [0, 0.1) is 11.8 Å². The number of benzene rings is 1. The van der Waals surface area contributed by atoms with Crippen molar-refractivity contribution in [2.45, 2.75) is 6.42 Å². The number of fused-ring (bicyclic) bond motifs is 2. The third-order valence-corrected chi connectivity index (χ3v) is 7.85. The Bertz CT molecular complexity index is 906. The number of ether oxygens (including phenoxy) is 1.